The zero-order valence-corrected chi connectivity index (χ0v) is 16.7. The van der Waals surface area contributed by atoms with Gasteiger partial charge in [-0.3, -0.25) is 0 Å². The van der Waals surface area contributed by atoms with Gasteiger partial charge in [0.15, 0.2) is 0 Å². The highest BCUT2D eigenvalue weighted by Crippen LogP contribution is 2.43. The summed E-state index contributed by atoms with van der Waals surface area (Å²) in [5.41, 5.74) is 1.51. The highest BCUT2D eigenvalue weighted by Gasteiger charge is 2.40. The molecule has 0 aromatic heterocycles. The van der Waals surface area contributed by atoms with Crippen LogP contribution in [0.3, 0.4) is 0 Å². The molecular weight excluding hydrogens is 371 g/mol. The van der Waals surface area contributed by atoms with Crippen molar-refractivity contribution in [3.63, 3.8) is 0 Å². The number of benzene rings is 2. The van der Waals surface area contributed by atoms with Crippen molar-refractivity contribution >= 4 is 6.09 Å². The zero-order chi connectivity index (χ0) is 20.9. The molecule has 1 unspecified atom stereocenters. The maximum Gasteiger partial charge on any atom is 0.404 e. The first kappa shape index (κ1) is 21.3. The lowest BCUT2D eigenvalue weighted by Gasteiger charge is -2.40. The van der Waals surface area contributed by atoms with Crippen LogP contribution in [0, 0.1) is 18.7 Å². The monoisotopic (exact) mass is 400 g/mol. The first-order chi connectivity index (χ1) is 13.9. The first-order valence-corrected chi connectivity index (χ1v) is 10.2. The van der Waals surface area contributed by atoms with E-state index in [9.17, 15) is 9.90 Å². The number of piperidine rings is 1. The van der Waals surface area contributed by atoms with Gasteiger partial charge in [-0.1, -0.05) is 42.0 Å². The van der Waals surface area contributed by atoms with E-state index in [4.69, 9.17) is 5.11 Å². The Bertz CT molecular complexity index is 852. The fourth-order valence-electron chi connectivity index (χ4n) is 4.35. The molecule has 0 saturated carbocycles. The summed E-state index contributed by atoms with van der Waals surface area (Å²) in [7, 11) is 0. The van der Waals surface area contributed by atoms with Crippen molar-refractivity contribution in [1.29, 1.82) is 0 Å². The molecule has 0 bridgehead atoms. The van der Waals surface area contributed by atoms with Gasteiger partial charge in [0.25, 0.3) is 0 Å². The van der Waals surface area contributed by atoms with Crippen molar-refractivity contribution in [2.75, 3.05) is 19.6 Å². The molecule has 0 radical (unpaired) electrons. The third-order valence-corrected chi connectivity index (χ3v) is 5.77. The molecular formula is C23H29FN2O3. The van der Waals surface area contributed by atoms with Crippen LogP contribution in [0.5, 0.6) is 0 Å². The Morgan fingerprint density at radius 2 is 2.10 bits per heavy atom. The summed E-state index contributed by atoms with van der Waals surface area (Å²) in [6.45, 7) is 3.75. The molecule has 5 nitrogen and oxygen atoms in total. The van der Waals surface area contributed by atoms with Gasteiger partial charge >= 0.3 is 6.09 Å². The third-order valence-electron chi connectivity index (χ3n) is 5.77. The molecule has 6 heteroatoms. The summed E-state index contributed by atoms with van der Waals surface area (Å²) in [4.78, 5) is 10.8. The van der Waals surface area contributed by atoms with Crippen LogP contribution in [-0.2, 0) is 5.60 Å². The largest absolute Gasteiger partial charge is 0.465 e. The minimum atomic E-state index is -1.26. The zero-order valence-electron chi connectivity index (χ0n) is 16.7. The number of carbonyl (C=O) groups is 1. The molecule has 4 N–H and O–H groups in total. The van der Waals surface area contributed by atoms with Gasteiger partial charge in [0.1, 0.15) is 5.82 Å². The average molecular weight is 400 g/mol. The highest BCUT2D eigenvalue weighted by molar-refractivity contribution is 5.70. The molecule has 3 rings (SSSR count). The van der Waals surface area contributed by atoms with Crippen molar-refractivity contribution in [2.24, 2.45) is 5.92 Å². The van der Waals surface area contributed by atoms with E-state index in [1.54, 1.807) is 12.1 Å². The third kappa shape index (κ3) is 4.95. The Balaban J connectivity index is 2.03. The van der Waals surface area contributed by atoms with Crippen LogP contribution in [0.25, 0.3) is 11.1 Å². The van der Waals surface area contributed by atoms with E-state index in [0.717, 1.165) is 30.5 Å². The van der Waals surface area contributed by atoms with Crippen LogP contribution < -0.4 is 10.6 Å². The van der Waals surface area contributed by atoms with Crippen LogP contribution in [0.1, 0.15) is 36.8 Å². The molecule has 1 heterocycles. The summed E-state index contributed by atoms with van der Waals surface area (Å²) in [6.07, 6.45) is 1.50. The van der Waals surface area contributed by atoms with Gasteiger partial charge in [0.05, 0.1) is 5.60 Å². The van der Waals surface area contributed by atoms with Crippen LogP contribution in [0.4, 0.5) is 9.18 Å². The number of rotatable bonds is 7. The number of halogens is 1. The minimum absolute atomic E-state index is 0.0774. The number of aliphatic hydroxyl groups is 1. The number of amides is 1. The van der Waals surface area contributed by atoms with Gasteiger partial charge in [-0.05, 0) is 56.3 Å². The van der Waals surface area contributed by atoms with E-state index in [-0.39, 0.29) is 18.3 Å². The molecule has 1 amide bonds. The van der Waals surface area contributed by atoms with E-state index in [1.165, 1.54) is 6.07 Å². The number of hydrogen-bond acceptors (Lipinski definition) is 3. The predicted octanol–water partition coefficient (Wildman–Crippen LogP) is 4.04. The lowest BCUT2D eigenvalue weighted by atomic mass is 9.72. The fourth-order valence-corrected chi connectivity index (χ4v) is 4.35. The molecule has 0 aliphatic carbocycles. The predicted molar refractivity (Wildman–Crippen MR) is 111 cm³/mol. The van der Waals surface area contributed by atoms with Gasteiger partial charge in [-0.15, -0.1) is 0 Å². The van der Waals surface area contributed by atoms with Gasteiger partial charge < -0.3 is 20.8 Å². The molecule has 1 saturated heterocycles. The smallest absolute Gasteiger partial charge is 0.404 e. The van der Waals surface area contributed by atoms with Crippen molar-refractivity contribution in [3.8, 4) is 11.1 Å². The van der Waals surface area contributed by atoms with Gasteiger partial charge in [0, 0.05) is 24.6 Å². The molecule has 1 fully saturated rings. The summed E-state index contributed by atoms with van der Waals surface area (Å²) in [5.74, 6) is -0.439. The molecule has 2 aromatic rings. The van der Waals surface area contributed by atoms with Crippen molar-refractivity contribution in [3.05, 3.63) is 59.4 Å². The van der Waals surface area contributed by atoms with E-state index in [2.05, 4.69) is 10.6 Å². The summed E-state index contributed by atoms with van der Waals surface area (Å²) in [6, 6.07) is 12.5. The van der Waals surface area contributed by atoms with Crippen molar-refractivity contribution in [2.45, 2.75) is 38.2 Å². The first-order valence-electron chi connectivity index (χ1n) is 10.2. The Kier molecular flexibility index (Phi) is 6.87. The molecule has 1 aliphatic rings. The summed E-state index contributed by atoms with van der Waals surface area (Å²) < 4.78 is 15.0. The SMILES string of the molecule is Cc1cccc(-c2c(F)cccc2C(O)(CCCNC(=O)O)[C@@H]2CCCNC2)c1. The van der Waals surface area contributed by atoms with E-state index in [1.807, 2.05) is 31.2 Å². The van der Waals surface area contributed by atoms with Gasteiger partial charge in [0.2, 0.25) is 0 Å². The number of aryl methyl sites for hydroxylation is 1. The summed E-state index contributed by atoms with van der Waals surface area (Å²) in [5, 5.41) is 26.4. The normalized spacial score (nSPS) is 18.8. The van der Waals surface area contributed by atoms with Crippen LogP contribution in [0.2, 0.25) is 0 Å². The molecule has 2 atom stereocenters. The van der Waals surface area contributed by atoms with E-state index in [0.29, 0.717) is 30.5 Å². The lowest BCUT2D eigenvalue weighted by Crippen LogP contribution is -2.45. The Hall–Kier alpha value is -2.44. The lowest BCUT2D eigenvalue weighted by molar-refractivity contribution is -0.0417. The van der Waals surface area contributed by atoms with Crippen molar-refractivity contribution in [1.82, 2.24) is 10.6 Å². The van der Waals surface area contributed by atoms with E-state index >= 15 is 4.39 Å². The standard InChI is InChI=1S/C23H29FN2O3/c1-16-6-2-7-17(14-16)21-19(9-3-10-20(21)24)23(29,11-5-13-26-22(27)28)18-8-4-12-25-15-18/h2-3,6-7,9-10,14,18,25-26,29H,4-5,8,11-13,15H2,1H3,(H,27,28)/t18-,23?/m1/s1. The summed E-state index contributed by atoms with van der Waals surface area (Å²) >= 11 is 0. The maximum absolute atomic E-state index is 15.0. The second-order valence-corrected chi connectivity index (χ2v) is 7.83. The molecule has 0 spiro atoms. The number of hydrogen-bond donors (Lipinski definition) is 4. The quantitative estimate of drug-likeness (QED) is 0.529. The average Bonchev–Trinajstić information content (AvgIpc) is 2.71. The maximum atomic E-state index is 15.0. The highest BCUT2D eigenvalue weighted by atomic mass is 19.1. The van der Waals surface area contributed by atoms with E-state index < -0.39 is 11.7 Å². The second kappa shape index (κ2) is 9.37. The molecule has 156 valence electrons. The molecule has 29 heavy (non-hydrogen) atoms. The Labute approximate surface area is 171 Å². The Morgan fingerprint density at radius 1 is 1.31 bits per heavy atom. The Morgan fingerprint density at radius 3 is 2.79 bits per heavy atom. The second-order valence-electron chi connectivity index (χ2n) is 7.83. The minimum Gasteiger partial charge on any atom is -0.465 e. The molecule has 1 aliphatic heterocycles. The van der Waals surface area contributed by atoms with Crippen LogP contribution in [-0.4, -0.2) is 35.9 Å². The van der Waals surface area contributed by atoms with Gasteiger partial charge in [-0.2, -0.15) is 0 Å². The number of nitrogens with one attached hydrogen (secondary N) is 2. The van der Waals surface area contributed by atoms with Crippen LogP contribution in [0.15, 0.2) is 42.5 Å². The van der Waals surface area contributed by atoms with Crippen LogP contribution >= 0.6 is 0 Å². The van der Waals surface area contributed by atoms with Gasteiger partial charge in [-0.25, -0.2) is 9.18 Å². The van der Waals surface area contributed by atoms with Crippen molar-refractivity contribution < 1.29 is 19.4 Å². The number of carboxylic acid groups (broad SMARTS) is 1. The molecule has 2 aromatic carbocycles. The fraction of sp³-hybridized carbons (Fsp3) is 0.435. The topological polar surface area (TPSA) is 81.6 Å².